The minimum absolute atomic E-state index is 0.0488. The third-order valence-electron chi connectivity index (χ3n) is 3.23. The zero-order valence-electron chi connectivity index (χ0n) is 12.0. The summed E-state index contributed by atoms with van der Waals surface area (Å²) in [6.45, 7) is 2.43. The Balaban J connectivity index is 1.85. The average Bonchev–Trinajstić information content (AvgIpc) is 2.44. The summed E-state index contributed by atoms with van der Waals surface area (Å²) in [6.07, 6.45) is 2.71. The number of aromatic nitrogens is 1. The molecule has 0 atom stereocenters. The molecule has 1 heterocycles. The molecule has 1 aromatic heterocycles. The molecule has 0 saturated heterocycles. The second-order valence-electron chi connectivity index (χ2n) is 4.96. The number of nitrogens with one attached hydrogen (secondary N) is 1. The molecule has 0 aliphatic rings. The van der Waals surface area contributed by atoms with Crippen molar-refractivity contribution in [1.82, 2.24) is 4.57 Å². The number of nitrogens with two attached hydrogens (primary N) is 1. The van der Waals surface area contributed by atoms with Gasteiger partial charge in [-0.3, -0.25) is 9.59 Å². The Kier molecular flexibility index (Phi) is 4.77. The van der Waals surface area contributed by atoms with Crippen molar-refractivity contribution in [3.05, 3.63) is 58.5 Å². The molecule has 1 aromatic carbocycles. The van der Waals surface area contributed by atoms with E-state index >= 15 is 0 Å². The van der Waals surface area contributed by atoms with Gasteiger partial charge in [0.25, 0.3) is 0 Å². The Morgan fingerprint density at radius 2 is 2.10 bits per heavy atom. The molecule has 3 N–H and O–H groups in total. The van der Waals surface area contributed by atoms with Gasteiger partial charge >= 0.3 is 0 Å². The molecular weight excluding hydrogens is 266 g/mol. The van der Waals surface area contributed by atoms with E-state index in [1.165, 1.54) is 6.07 Å². The molecule has 0 saturated carbocycles. The minimum Gasteiger partial charge on any atom is -0.399 e. The molecule has 0 unspecified atom stereocenters. The number of amides is 1. The van der Waals surface area contributed by atoms with E-state index in [-0.39, 0.29) is 11.5 Å². The monoisotopic (exact) mass is 285 g/mol. The molecule has 0 spiro atoms. The predicted octanol–water partition coefficient (Wildman–Crippen LogP) is 2.16. The maximum absolute atomic E-state index is 11.9. The van der Waals surface area contributed by atoms with Gasteiger partial charge in [-0.1, -0.05) is 6.07 Å². The van der Waals surface area contributed by atoms with Gasteiger partial charge in [0.05, 0.1) is 0 Å². The first-order valence-electron chi connectivity index (χ1n) is 6.88. The number of pyridine rings is 1. The Labute approximate surface area is 123 Å². The van der Waals surface area contributed by atoms with E-state index in [1.807, 2.05) is 13.0 Å². The van der Waals surface area contributed by atoms with Crippen molar-refractivity contribution in [3.8, 4) is 0 Å². The summed E-state index contributed by atoms with van der Waals surface area (Å²) >= 11 is 0. The highest BCUT2D eigenvalue weighted by molar-refractivity contribution is 5.91. The summed E-state index contributed by atoms with van der Waals surface area (Å²) in [5.74, 6) is -0.0631. The molecule has 0 fully saturated rings. The van der Waals surface area contributed by atoms with Gasteiger partial charge in [-0.15, -0.1) is 0 Å². The molecule has 21 heavy (non-hydrogen) atoms. The van der Waals surface area contributed by atoms with Crippen LogP contribution in [0.1, 0.15) is 18.4 Å². The van der Waals surface area contributed by atoms with Crippen LogP contribution in [0, 0.1) is 6.92 Å². The minimum atomic E-state index is -0.0631. The van der Waals surface area contributed by atoms with Crippen LogP contribution >= 0.6 is 0 Å². The van der Waals surface area contributed by atoms with E-state index in [1.54, 1.807) is 35.0 Å². The number of hydrogen-bond acceptors (Lipinski definition) is 3. The fourth-order valence-electron chi connectivity index (χ4n) is 2.10. The highest BCUT2D eigenvalue weighted by Crippen LogP contribution is 2.17. The van der Waals surface area contributed by atoms with E-state index < -0.39 is 0 Å². The molecule has 0 aliphatic heterocycles. The number of hydrogen-bond donors (Lipinski definition) is 2. The average molecular weight is 285 g/mol. The van der Waals surface area contributed by atoms with E-state index in [0.29, 0.717) is 25.1 Å². The molecule has 5 heteroatoms. The fourth-order valence-corrected chi connectivity index (χ4v) is 2.10. The normalized spacial score (nSPS) is 10.3. The molecule has 0 bridgehead atoms. The number of nitrogen functional groups attached to an aromatic ring is 1. The van der Waals surface area contributed by atoms with E-state index in [4.69, 9.17) is 5.73 Å². The van der Waals surface area contributed by atoms with Gasteiger partial charge in [0.2, 0.25) is 11.5 Å². The molecule has 5 nitrogen and oxygen atoms in total. The zero-order valence-corrected chi connectivity index (χ0v) is 12.0. The van der Waals surface area contributed by atoms with Crippen LogP contribution < -0.4 is 16.6 Å². The molecule has 2 rings (SSSR count). The van der Waals surface area contributed by atoms with Gasteiger partial charge in [-0.25, -0.2) is 0 Å². The number of carbonyl (C=O) groups excluding carboxylic acids is 1. The molecule has 1 amide bonds. The smallest absolute Gasteiger partial charge is 0.250 e. The van der Waals surface area contributed by atoms with Crippen molar-refractivity contribution < 1.29 is 4.79 Å². The van der Waals surface area contributed by atoms with Crippen molar-refractivity contribution in [2.24, 2.45) is 0 Å². The summed E-state index contributed by atoms with van der Waals surface area (Å²) in [5, 5.41) is 2.86. The zero-order chi connectivity index (χ0) is 15.2. The van der Waals surface area contributed by atoms with Crippen LogP contribution in [-0.2, 0) is 11.3 Å². The number of carbonyl (C=O) groups is 1. The third kappa shape index (κ3) is 4.21. The summed E-state index contributed by atoms with van der Waals surface area (Å²) in [6, 6.07) is 10.4. The lowest BCUT2D eigenvalue weighted by molar-refractivity contribution is -0.116. The van der Waals surface area contributed by atoms with Gasteiger partial charge in [-0.2, -0.15) is 0 Å². The lowest BCUT2D eigenvalue weighted by Gasteiger charge is -2.09. The summed E-state index contributed by atoms with van der Waals surface area (Å²) < 4.78 is 1.60. The molecule has 0 radical (unpaired) electrons. The van der Waals surface area contributed by atoms with E-state index in [0.717, 1.165) is 11.3 Å². The van der Waals surface area contributed by atoms with Crippen molar-refractivity contribution in [3.63, 3.8) is 0 Å². The quantitative estimate of drug-likeness (QED) is 0.826. The summed E-state index contributed by atoms with van der Waals surface area (Å²) in [5.41, 5.74) is 8.00. The molecule has 110 valence electrons. The lowest BCUT2D eigenvalue weighted by Crippen LogP contribution is -2.19. The predicted molar refractivity (Wildman–Crippen MR) is 84.2 cm³/mol. The highest BCUT2D eigenvalue weighted by Gasteiger charge is 2.05. The Morgan fingerprint density at radius 3 is 2.81 bits per heavy atom. The maximum Gasteiger partial charge on any atom is 0.250 e. The van der Waals surface area contributed by atoms with Crippen molar-refractivity contribution in [1.29, 1.82) is 0 Å². The highest BCUT2D eigenvalue weighted by atomic mass is 16.1. The maximum atomic E-state index is 11.9. The molecule has 2 aromatic rings. The van der Waals surface area contributed by atoms with Gasteiger partial charge in [0.1, 0.15) is 0 Å². The first-order valence-corrected chi connectivity index (χ1v) is 6.88. The Hall–Kier alpha value is -2.56. The third-order valence-corrected chi connectivity index (χ3v) is 3.23. The number of anilines is 2. The summed E-state index contributed by atoms with van der Waals surface area (Å²) in [4.78, 5) is 23.4. The number of rotatable bonds is 5. The van der Waals surface area contributed by atoms with E-state index in [9.17, 15) is 9.59 Å². The number of nitrogens with zero attached hydrogens (tertiary/aromatic N) is 1. The topological polar surface area (TPSA) is 77.1 Å². The second kappa shape index (κ2) is 6.74. The SMILES string of the molecule is Cc1cc(N)ccc1NC(=O)CCCn1ccccc1=O. The van der Waals surface area contributed by atoms with Crippen LogP contribution in [0.4, 0.5) is 11.4 Å². The summed E-state index contributed by atoms with van der Waals surface area (Å²) in [7, 11) is 0. The van der Waals surface area contributed by atoms with Crippen molar-refractivity contribution in [2.75, 3.05) is 11.1 Å². The molecule has 0 aliphatic carbocycles. The largest absolute Gasteiger partial charge is 0.399 e. The van der Waals surface area contributed by atoms with E-state index in [2.05, 4.69) is 5.32 Å². The van der Waals surface area contributed by atoms with Gasteiger partial charge in [0.15, 0.2) is 0 Å². The van der Waals surface area contributed by atoms with Crippen LogP contribution in [-0.4, -0.2) is 10.5 Å². The number of aryl methyl sites for hydroxylation is 2. The van der Waals surface area contributed by atoms with Gasteiger partial charge in [-0.05, 0) is 43.2 Å². The van der Waals surface area contributed by atoms with Crippen LogP contribution in [0.2, 0.25) is 0 Å². The fraction of sp³-hybridized carbons (Fsp3) is 0.250. The van der Waals surface area contributed by atoms with Gasteiger partial charge in [0, 0.05) is 36.6 Å². The number of benzene rings is 1. The lowest BCUT2D eigenvalue weighted by atomic mass is 10.1. The Bertz CT molecular complexity index is 692. The van der Waals surface area contributed by atoms with Crippen molar-refractivity contribution >= 4 is 17.3 Å². The second-order valence-corrected chi connectivity index (χ2v) is 4.96. The van der Waals surface area contributed by atoms with Gasteiger partial charge < -0.3 is 15.6 Å². The Morgan fingerprint density at radius 1 is 1.29 bits per heavy atom. The van der Waals surface area contributed by atoms with Crippen molar-refractivity contribution in [2.45, 2.75) is 26.3 Å². The van der Waals surface area contributed by atoms with Crippen LogP contribution in [0.15, 0.2) is 47.4 Å². The molecular formula is C16H19N3O2. The van der Waals surface area contributed by atoms with Crippen LogP contribution in [0.5, 0.6) is 0 Å². The van der Waals surface area contributed by atoms with Crippen LogP contribution in [0.25, 0.3) is 0 Å². The van der Waals surface area contributed by atoms with Crippen LogP contribution in [0.3, 0.4) is 0 Å². The first kappa shape index (κ1) is 14.8. The first-order chi connectivity index (χ1) is 10.1. The standard InChI is InChI=1S/C16H19N3O2/c1-12-11-13(17)7-8-14(12)18-15(20)5-4-10-19-9-3-2-6-16(19)21/h2-3,6-9,11H,4-5,10,17H2,1H3,(H,18,20).